The number of para-hydroxylation sites is 1. The molecule has 102 valence electrons. The second kappa shape index (κ2) is 5.35. The summed E-state index contributed by atoms with van der Waals surface area (Å²) in [4.78, 5) is 21.4. The van der Waals surface area contributed by atoms with E-state index in [4.69, 9.17) is 5.11 Å². The molecule has 0 unspecified atom stereocenters. The van der Waals surface area contributed by atoms with Gasteiger partial charge in [0.25, 0.3) is 5.69 Å². The van der Waals surface area contributed by atoms with Crippen molar-refractivity contribution in [1.82, 2.24) is 0 Å². The monoisotopic (exact) mass is 276 g/mol. The van der Waals surface area contributed by atoms with Crippen LogP contribution in [-0.4, -0.2) is 16.0 Å². The van der Waals surface area contributed by atoms with Gasteiger partial charge in [-0.05, 0) is 30.3 Å². The Labute approximate surface area is 112 Å². The van der Waals surface area contributed by atoms with Crippen LogP contribution in [0.2, 0.25) is 0 Å². The molecule has 7 heteroatoms. The molecule has 0 heterocycles. The van der Waals surface area contributed by atoms with Crippen molar-refractivity contribution in [2.75, 3.05) is 5.32 Å². The third-order valence-corrected chi connectivity index (χ3v) is 2.58. The van der Waals surface area contributed by atoms with Gasteiger partial charge in [0, 0.05) is 11.8 Å². The van der Waals surface area contributed by atoms with Crippen molar-refractivity contribution in [2.24, 2.45) is 0 Å². The van der Waals surface area contributed by atoms with E-state index in [0.29, 0.717) is 5.69 Å². The van der Waals surface area contributed by atoms with Crippen LogP contribution in [0.1, 0.15) is 10.4 Å². The van der Waals surface area contributed by atoms with Gasteiger partial charge in [-0.15, -0.1) is 0 Å². The molecule has 0 amide bonds. The second-order valence-electron chi connectivity index (χ2n) is 3.89. The van der Waals surface area contributed by atoms with Crippen LogP contribution in [0.25, 0.3) is 0 Å². The molecule has 6 nitrogen and oxygen atoms in total. The number of hydrogen-bond donors (Lipinski definition) is 2. The van der Waals surface area contributed by atoms with Crippen LogP contribution in [0.15, 0.2) is 42.5 Å². The van der Waals surface area contributed by atoms with E-state index in [-0.39, 0.29) is 16.9 Å². The van der Waals surface area contributed by atoms with Gasteiger partial charge in [-0.2, -0.15) is 0 Å². The third-order valence-electron chi connectivity index (χ3n) is 2.58. The van der Waals surface area contributed by atoms with E-state index >= 15 is 0 Å². The summed E-state index contributed by atoms with van der Waals surface area (Å²) >= 11 is 0. The molecule has 2 aromatic carbocycles. The molecule has 0 atom stereocenters. The largest absolute Gasteiger partial charge is 0.478 e. The Kier molecular flexibility index (Phi) is 3.60. The zero-order valence-corrected chi connectivity index (χ0v) is 10.0. The van der Waals surface area contributed by atoms with Gasteiger partial charge in [0.2, 0.25) is 0 Å². The van der Waals surface area contributed by atoms with Crippen LogP contribution in [0.3, 0.4) is 0 Å². The minimum absolute atomic E-state index is 0.142. The number of nitrogens with zero attached hydrogens (tertiary/aromatic N) is 1. The molecule has 20 heavy (non-hydrogen) atoms. The Morgan fingerprint density at radius 2 is 1.85 bits per heavy atom. The predicted molar refractivity (Wildman–Crippen MR) is 69.7 cm³/mol. The molecule has 0 aliphatic heterocycles. The van der Waals surface area contributed by atoms with Gasteiger partial charge in [0.15, 0.2) is 0 Å². The summed E-state index contributed by atoms with van der Waals surface area (Å²) in [5.41, 5.74) is -0.391. The molecule has 0 aromatic heterocycles. The maximum Gasteiger partial charge on any atom is 0.338 e. The summed E-state index contributed by atoms with van der Waals surface area (Å²) in [6, 6.07) is 8.78. The highest BCUT2D eigenvalue weighted by atomic mass is 19.1. The molecule has 0 saturated heterocycles. The van der Waals surface area contributed by atoms with E-state index in [0.717, 1.165) is 12.1 Å². The average molecular weight is 276 g/mol. The molecular weight excluding hydrogens is 267 g/mol. The van der Waals surface area contributed by atoms with Crippen molar-refractivity contribution in [3.8, 4) is 0 Å². The van der Waals surface area contributed by atoms with Crippen molar-refractivity contribution in [3.63, 3.8) is 0 Å². The maximum absolute atomic E-state index is 12.8. The lowest BCUT2D eigenvalue weighted by molar-refractivity contribution is -0.383. The van der Waals surface area contributed by atoms with Crippen molar-refractivity contribution in [2.45, 2.75) is 0 Å². The molecule has 0 aliphatic rings. The van der Waals surface area contributed by atoms with Crippen LogP contribution in [0, 0.1) is 15.9 Å². The molecule has 2 aromatic rings. The highest BCUT2D eigenvalue weighted by Gasteiger charge is 2.21. The number of nitro benzene ring substituents is 1. The Morgan fingerprint density at radius 1 is 1.20 bits per heavy atom. The summed E-state index contributed by atoms with van der Waals surface area (Å²) in [5.74, 6) is -1.75. The van der Waals surface area contributed by atoms with E-state index in [2.05, 4.69) is 5.32 Å². The van der Waals surface area contributed by atoms with Gasteiger partial charge >= 0.3 is 5.97 Å². The fourth-order valence-corrected chi connectivity index (χ4v) is 1.68. The first-order valence-corrected chi connectivity index (χ1v) is 5.52. The lowest BCUT2D eigenvalue weighted by Crippen LogP contribution is -2.05. The molecule has 0 saturated carbocycles. The van der Waals surface area contributed by atoms with Gasteiger partial charge in [0.05, 0.1) is 10.5 Å². The number of carboxylic acids is 1. The van der Waals surface area contributed by atoms with Gasteiger partial charge < -0.3 is 10.4 Å². The standard InChI is InChI=1S/C13H9FN2O4/c14-8-4-6-9(7-5-8)15-12-10(13(17)18)2-1-3-11(12)16(19)20/h1-7,15H,(H,17,18). The molecule has 0 aliphatic carbocycles. The summed E-state index contributed by atoms with van der Waals surface area (Å²) in [5, 5.41) is 22.7. The SMILES string of the molecule is O=C(O)c1cccc([N+](=O)[O-])c1Nc1ccc(F)cc1. The summed E-state index contributed by atoms with van der Waals surface area (Å²) in [6.45, 7) is 0. The zero-order valence-electron chi connectivity index (χ0n) is 10.0. The third kappa shape index (κ3) is 2.72. The number of anilines is 2. The summed E-state index contributed by atoms with van der Waals surface area (Å²) < 4.78 is 12.8. The van der Waals surface area contributed by atoms with Crippen LogP contribution in [-0.2, 0) is 0 Å². The summed E-state index contributed by atoms with van der Waals surface area (Å²) in [6.07, 6.45) is 0. The lowest BCUT2D eigenvalue weighted by atomic mass is 10.1. The number of rotatable bonds is 4. The zero-order chi connectivity index (χ0) is 14.7. The average Bonchev–Trinajstić information content (AvgIpc) is 2.41. The van der Waals surface area contributed by atoms with Crippen molar-refractivity contribution < 1.29 is 19.2 Å². The maximum atomic E-state index is 12.8. The highest BCUT2D eigenvalue weighted by Crippen LogP contribution is 2.31. The minimum atomic E-state index is -1.29. The molecular formula is C13H9FN2O4. The number of carbonyl (C=O) groups is 1. The topological polar surface area (TPSA) is 92.5 Å². The molecule has 2 N–H and O–H groups in total. The van der Waals surface area contributed by atoms with Crippen molar-refractivity contribution in [3.05, 3.63) is 64.0 Å². The first kappa shape index (κ1) is 13.5. The Bertz CT molecular complexity index is 638. The number of nitrogens with one attached hydrogen (secondary N) is 1. The van der Waals surface area contributed by atoms with E-state index in [1.54, 1.807) is 0 Å². The molecule has 0 bridgehead atoms. The number of hydrogen-bond acceptors (Lipinski definition) is 4. The molecule has 0 radical (unpaired) electrons. The molecule has 2 rings (SSSR count). The van der Waals surface area contributed by atoms with E-state index in [9.17, 15) is 19.3 Å². The number of carboxylic acid groups (broad SMARTS) is 1. The van der Waals surface area contributed by atoms with Crippen LogP contribution >= 0.6 is 0 Å². The molecule has 0 fully saturated rings. The van der Waals surface area contributed by atoms with Gasteiger partial charge in [-0.25, -0.2) is 9.18 Å². The van der Waals surface area contributed by atoms with E-state index < -0.39 is 16.7 Å². The minimum Gasteiger partial charge on any atom is -0.478 e. The van der Waals surface area contributed by atoms with Gasteiger partial charge in [-0.1, -0.05) is 6.07 Å². The quantitative estimate of drug-likeness (QED) is 0.660. The number of halogens is 1. The number of aromatic carboxylic acids is 1. The summed E-state index contributed by atoms with van der Waals surface area (Å²) in [7, 11) is 0. The number of benzene rings is 2. The fourth-order valence-electron chi connectivity index (χ4n) is 1.68. The highest BCUT2D eigenvalue weighted by molar-refractivity contribution is 5.98. The Balaban J connectivity index is 2.50. The Morgan fingerprint density at radius 3 is 2.40 bits per heavy atom. The van der Waals surface area contributed by atoms with Crippen LogP contribution in [0.5, 0.6) is 0 Å². The van der Waals surface area contributed by atoms with Crippen LogP contribution < -0.4 is 5.32 Å². The smallest absolute Gasteiger partial charge is 0.338 e. The van der Waals surface area contributed by atoms with E-state index in [1.165, 1.54) is 30.3 Å². The fraction of sp³-hybridized carbons (Fsp3) is 0. The predicted octanol–water partition coefficient (Wildman–Crippen LogP) is 3.18. The van der Waals surface area contributed by atoms with E-state index in [1.807, 2.05) is 0 Å². The van der Waals surface area contributed by atoms with Gasteiger partial charge in [-0.3, -0.25) is 10.1 Å². The first-order chi connectivity index (χ1) is 9.49. The van der Waals surface area contributed by atoms with Crippen LogP contribution in [0.4, 0.5) is 21.5 Å². The number of nitro groups is 1. The lowest BCUT2D eigenvalue weighted by Gasteiger charge is -2.10. The van der Waals surface area contributed by atoms with Crippen molar-refractivity contribution >= 4 is 23.0 Å². The Hall–Kier alpha value is -2.96. The van der Waals surface area contributed by atoms with Gasteiger partial charge in [0.1, 0.15) is 11.5 Å². The second-order valence-corrected chi connectivity index (χ2v) is 3.89. The first-order valence-electron chi connectivity index (χ1n) is 5.52. The molecule has 0 spiro atoms. The normalized spacial score (nSPS) is 10.1. The van der Waals surface area contributed by atoms with Crippen molar-refractivity contribution in [1.29, 1.82) is 0 Å².